The highest BCUT2D eigenvalue weighted by Gasteiger charge is 2.43. The molecular formula is C14H19N3O. The first-order valence-corrected chi connectivity index (χ1v) is 6.38. The van der Waals surface area contributed by atoms with Crippen molar-refractivity contribution in [1.82, 2.24) is 10.6 Å². The van der Waals surface area contributed by atoms with Gasteiger partial charge in [-0.3, -0.25) is 15.1 Å². The van der Waals surface area contributed by atoms with Crippen LogP contribution in [-0.2, 0) is 11.2 Å². The van der Waals surface area contributed by atoms with Gasteiger partial charge in [-0.25, -0.2) is 0 Å². The molecule has 1 heterocycles. The van der Waals surface area contributed by atoms with Gasteiger partial charge in [-0.2, -0.15) is 0 Å². The van der Waals surface area contributed by atoms with Crippen molar-refractivity contribution in [2.75, 3.05) is 6.54 Å². The molecule has 2 rings (SSSR count). The molecule has 2 N–H and O–H groups in total. The highest BCUT2D eigenvalue weighted by molar-refractivity contribution is 6.09. The second-order valence-corrected chi connectivity index (χ2v) is 4.50. The average Bonchev–Trinajstić information content (AvgIpc) is 2.68. The van der Waals surface area contributed by atoms with Crippen molar-refractivity contribution in [3.05, 3.63) is 35.9 Å². The molecule has 0 spiro atoms. The van der Waals surface area contributed by atoms with Crippen molar-refractivity contribution in [2.45, 2.75) is 32.2 Å². The molecule has 1 unspecified atom stereocenters. The van der Waals surface area contributed by atoms with Crippen molar-refractivity contribution in [3.63, 3.8) is 0 Å². The molecule has 0 aliphatic carbocycles. The SMILES string of the molecule is CCN=C1NC(=O)C(CC)(Cc2ccccc2)N1. The maximum absolute atomic E-state index is 12.2. The third-order valence-electron chi connectivity index (χ3n) is 3.29. The van der Waals surface area contributed by atoms with E-state index in [2.05, 4.69) is 15.6 Å². The summed E-state index contributed by atoms with van der Waals surface area (Å²) in [7, 11) is 0. The van der Waals surface area contributed by atoms with Crippen LogP contribution in [0.3, 0.4) is 0 Å². The van der Waals surface area contributed by atoms with E-state index in [0.29, 0.717) is 18.9 Å². The lowest BCUT2D eigenvalue weighted by molar-refractivity contribution is -0.124. The van der Waals surface area contributed by atoms with Gasteiger partial charge in [-0.15, -0.1) is 0 Å². The van der Waals surface area contributed by atoms with Crippen LogP contribution < -0.4 is 10.6 Å². The first-order chi connectivity index (χ1) is 8.70. The molecular weight excluding hydrogens is 226 g/mol. The fourth-order valence-corrected chi connectivity index (χ4v) is 2.22. The summed E-state index contributed by atoms with van der Waals surface area (Å²) < 4.78 is 0. The Balaban J connectivity index is 2.22. The van der Waals surface area contributed by atoms with E-state index >= 15 is 0 Å². The normalized spacial score (nSPS) is 25.0. The van der Waals surface area contributed by atoms with Gasteiger partial charge in [0.2, 0.25) is 0 Å². The molecule has 0 aromatic heterocycles. The van der Waals surface area contributed by atoms with Crippen LogP contribution in [0.4, 0.5) is 0 Å². The molecule has 0 radical (unpaired) electrons. The Morgan fingerprint density at radius 1 is 1.22 bits per heavy atom. The van der Waals surface area contributed by atoms with Crippen LogP contribution in [0.5, 0.6) is 0 Å². The van der Waals surface area contributed by atoms with Gasteiger partial charge in [0.05, 0.1) is 0 Å². The van der Waals surface area contributed by atoms with Gasteiger partial charge >= 0.3 is 0 Å². The summed E-state index contributed by atoms with van der Waals surface area (Å²) in [6.45, 7) is 4.63. The maximum Gasteiger partial charge on any atom is 0.252 e. The number of hydrogen-bond acceptors (Lipinski definition) is 2. The highest BCUT2D eigenvalue weighted by Crippen LogP contribution is 2.21. The Kier molecular flexibility index (Phi) is 3.65. The molecule has 1 fully saturated rings. The van der Waals surface area contributed by atoms with Crippen LogP contribution in [0, 0.1) is 0 Å². The van der Waals surface area contributed by atoms with Crippen molar-refractivity contribution >= 4 is 11.9 Å². The number of hydrogen-bond donors (Lipinski definition) is 2. The predicted octanol–water partition coefficient (Wildman–Crippen LogP) is 1.47. The third-order valence-corrected chi connectivity index (χ3v) is 3.29. The lowest BCUT2D eigenvalue weighted by atomic mass is 9.88. The predicted molar refractivity (Wildman–Crippen MR) is 72.4 cm³/mol. The summed E-state index contributed by atoms with van der Waals surface area (Å²) in [6.07, 6.45) is 1.41. The van der Waals surface area contributed by atoms with Gasteiger partial charge in [0.1, 0.15) is 5.54 Å². The number of nitrogens with one attached hydrogen (secondary N) is 2. The molecule has 1 aliphatic heterocycles. The molecule has 4 heteroatoms. The van der Waals surface area contributed by atoms with Gasteiger partial charge < -0.3 is 5.32 Å². The lowest BCUT2D eigenvalue weighted by Gasteiger charge is -2.24. The zero-order valence-corrected chi connectivity index (χ0v) is 10.9. The second-order valence-electron chi connectivity index (χ2n) is 4.50. The number of amides is 1. The molecule has 1 aliphatic rings. The lowest BCUT2D eigenvalue weighted by Crippen LogP contribution is -2.48. The molecule has 0 saturated carbocycles. The minimum Gasteiger partial charge on any atom is -0.341 e. The largest absolute Gasteiger partial charge is 0.341 e. The topological polar surface area (TPSA) is 53.5 Å². The minimum absolute atomic E-state index is 0.0149. The summed E-state index contributed by atoms with van der Waals surface area (Å²) in [5.74, 6) is 0.612. The fourth-order valence-electron chi connectivity index (χ4n) is 2.22. The molecule has 4 nitrogen and oxygen atoms in total. The van der Waals surface area contributed by atoms with Gasteiger partial charge in [-0.05, 0) is 18.9 Å². The zero-order valence-electron chi connectivity index (χ0n) is 10.9. The number of nitrogens with zero attached hydrogens (tertiary/aromatic N) is 1. The van der Waals surface area contributed by atoms with E-state index in [4.69, 9.17) is 0 Å². The van der Waals surface area contributed by atoms with Crippen LogP contribution >= 0.6 is 0 Å². The molecule has 0 bridgehead atoms. The number of carbonyl (C=O) groups excluding carboxylic acids is 1. The van der Waals surface area contributed by atoms with Gasteiger partial charge in [0, 0.05) is 13.0 Å². The van der Waals surface area contributed by atoms with Crippen LogP contribution in [0.25, 0.3) is 0 Å². The van der Waals surface area contributed by atoms with E-state index < -0.39 is 5.54 Å². The van der Waals surface area contributed by atoms with Crippen molar-refractivity contribution < 1.29 is 4.79 Å². The standard InChI is InChI=1S/C14H19N3O/c1-3-14(10-11-8-6-5-7-9-11)12(18)16-13(17-14)15-4-2/h5-9H,3-4,10H2,1-2H3,(H2,15,16,17,18). The number of guanidine groups is 1. The quantitative estimate of drug-likeness (QED) is 0.844. The van der Waals surface area contributed by atoms with Crippen LogP contribution in [0.1, 0.15) is 25.8 Å². The Bertz CT molecular complexity index is 455. The van der Waals surface area contributed by atoms with Gasteiger partial charge in [0.25, 0.3) is 5.91 Å². The van der Waals surface area contributed by atoms with Crippen LogP contribution in [-0.4, -0.2) is 24.0 Å². The van der Waals surface area contributed by atoms with Crippen molar-refractivity contribution in [3.8, 4) is 0 Å². The van der Waals surface area contributed by atoms with Gasteiger partial charge in [-0.1, -0.05) is 37.3 Å². The highest BCUT2D eigenvalue weighted by atomic mass is 16.2. The summed E-state index contributed by atoms with van der Waals surface area (Å²) in [4.78, 5) is 16.4. The van der Waals surface area contributed by atoms with E-state index in [1.165, 1.54) is 0 Å². The molecule has 1 aromatic rings. The molecule has 1 amide bonds. The first kappa shape index (κ1) is 12.6. The molecule has 1 atom stereocenters. The van der Waals surface area contributed by atoms with Crippen molar-refractivity contribution in [1.29, 1.82) is 0 Å². The number of benzene rings is 1. The van der Waals surface area contributed by atoms with E-state index in [9.17, 15) is 4.79 Å². The van der Waals surface area contributed by atoms with Crippen molar-refractivity contribution in [2.24, 2.45) is 4.99 Å². The minimum atomic E-state index is -0.560. The summed E-state index contributed by atoms with van der Waals surface area (Å²) in [5.41, 5.74) is 0.592. The average molecular weight is 245 g/mol. The summed E-state index contributed by atoms with van der Waals surface area (Å²) >= 11 is 0. The maximum atomic E-state index is 12.2. The molecule has 1 saturated heterocycles. The smallest absolute Gasteiger partial charge is 0.252 e. The Labute approximate surface area is 108 Å². The number of rotatable bonds is 4. The number of aliphatic imine (C=N–C) groups is 1. The molecule has 1 aromatic carbocycles. The number of carbonyl (C=O) groups is 1. The van der Waals surface area contributed by atoms with Gasteiger partial charge in [0.15, 0.2) is 5.96 Å². The zero-order chi connectivity index (χ0) is 13.0. The molecule has 96 valence electrons. The Morgan fingerprint density at radius 3 is 2.56 bits per heavy atom. The Morgan fingerprint density at radius 2 is 1.94 bits per heavy atom. The first-order valence-electron chi connectivity index (χ1n) is 6.38. The monoisotopic (exact) mass is 245 g/mol. The fraction of sp³-hybridized carbons (Fsp3) is 0.429. The summed E-state index contributed by atoms with van der Waals surface area (Å²) in [6, 6.07) is 10.1. The van der Waals surface area contributed by atoms with E-state index in [1.807, 2.05) is 44.2 Å². The van der Waals surface area contributed by atoms with E-state index in [1.54, 1.807) is 0 Å². The van der Waals surface area contributed by atoms with E-state index in [-0.39, 0.29) is 5.91 Å². The molecule has 18 heavy (non-hydrogen) atoms. The summed E-state index contributed by atoms with van der Waals surface area (Å²) in [5, 5.41) is 6.06. The second kappa shape index (κ2) is 5.21. The Hall–Kier alpha value is -1.84. The third kappa shape index (κ3) is 2.37. The van der Waals surface area contributed by atoms with E-state index in [0.717, 1.165) is 12.0 Å². The van der Waals surface area contributed by atoms with Crippen LogP contribution in [0.2, 0.25) is 0 Å². The van der Waals surface area contributed by atoms with Crippen LogP contribution in [0.15, 0.2) is 35.3 Å².